The van der Waals surface area contributed by atoms with Gasteiger partial charge >= 0.3 is 0 Å². The number of rotatable bonds is 1. The summed E-state index contributed by atoms with van der Waals surface area (Å²) in [5, 5.41) is 0. The number of hydrogen-bond donors (Lipinski definition) is 0. The lowest BCUT2D eigenvalue weighted by Gasteiger charge is -1.99. The predicted octanol–water partition coefficient (Wildman–Crippen LogP) is 4.37. The Morgan fingerprint density at radius 2 is 1.75 bits per heavy atom. The van der Waals surface area contributed by atoms with E-state index in [2.05, 4.69) is 69.1 Å². The lowest BCUT2D eigenvalue weighted by molar-refractivity contribution is 1.20. The van der Waals surface area contributed by atoms with Crippen molar-refractivity contribution in [3.8, 4) is 11.1 Å². The second-order valence-corrected chi connectivity index (χ2v) is 4.60. The van der Waals surface area contributed by atoms with Gasteiger partial charge in [0.05, 0.1) is 0 Å². The van der Waals surface area contributed by atoms with Gasteiger partial charge in [0.15, 0.2) is 0 Å². The van der Waals surface area contributed by atoms with E-state index >= 15 is 0 Å². The molecule has 78 valence electrons. The molecule has 3 aromatic rings. The van der Waals surface area contributed by atoms with Gasteiger partial charge in [-0.05, 0) is 29.8 Å². The van der Waals surface area contributed by atoms with E-state index in [4.69, 9.17) is 0 Å². The van der Waals surface area contributed by atoms with Crippen molar-refractivity contribution in [1.82, 2.24) is 4.40 Å². The van der Waals surface area contributed by atoms with Crippen LogP contribution in [-0.2, 0) is 0 Å². The summed E-state index contributed by atoms with van der Waals surface area (Å²) in [7, 11) is 0. The molecule has 0 spiro atoms. The van der Waals surface area contributed by atoms with Crippen molar-refractivity contribution in [3.63, 3.8) is 0 Å². The zero-order valence-electron chi connectivity index (χ0n) is 8.60. The molecule has 0 fully saturated rings. The molecule has 2 heteroatoms. The minimum absolute atomic E-state index is 1.13. The molecule has 0 atom stereocenters. The molecule has 1 nitrogen and oxygen atoms in total. The molecule has 0 radical (unpaired) electrons. The van der Waals surface area contributed by atoms with Crippen LogP contribution in [0.15, 0.2) is 65.4 Å². The smallest absolute Gasteiger partial charge is 0.0456 e. The number of pyridine rings is 1. The number of benzene rings is 1. The summed E-state index contributed by atoms with van der Waals surface area (Å²) in [6.45, 7) is 0. The molecule has 0 saturated heterocycles. The number of hydrogen-bond acceptors (Lipinski definition) is 0. The molecule has 2 aromatic heterocycles. The highest BCUT2D eigenvalue weighted by atomic mass is 79.9. The Hall–Kier alpha value is -1.54. The Morgan fingerprint density at radius 3 is 2.56 bits per heavy atom. The Balaban J connectivity index is 2.23. The third-order valence-electron chi connectivity index (χ3n) is 2.69. The van der Waals surface area contributed by atoms with E-state index in [1.807, 2.05) is 12.1 Å². The Labute approximate surface area is 102 Å². The fourth-order valence-corrected chi connectivity index (χ4v) is 2.41. The molecule has 0 saturated carbocycles. The summed E-state index contributed by atoms with van der Waals surface area (Å²) < 4.78 is 3.26. The summed E-state index contributed by atoms with van der Waals surface area (Å²) in [5.41, 5.74) is 3.68. The fourth-order valence-electron chi connectivity index (χ4n) is 1.90. The quantitative estimate of drug-likeness (QED) is 0.619. The first kappa shape index (κ1) is 9.67. The summed E-state index contributed by atoms with van der Waals surface area (Å²) in [4.78, 5) is 0. The van der Waals surface area contributed by atoms with Gasteiger partial charge in [0.25, 0.3) is 0 Å². The van der Waals surface area contributed by atoms with Crippen molar-refractivity contribution < 1.29 is 0 Å². The van der Waals surface area contributed by atoms with Crippen molar-refractivity contribution in [1.29, 1.82) is 0 Å². The number of aromatic nitrogens is 1. The van der Waals surface area contributed by atoms with E-state index in [1.165, 1.54) is 16.6 Å². The molecule has 0 aliphatic rings. The topological polar surface area (TPSA) is 4.41 Å². The molecule has 2 heterocycles. The third-order valence-corrected chi connectivity index (χ3v) is 3.38. The number of halogens is 1. The molecular weight excluding hydrogens is 262 g/mol. The molecule has 0 N–H and O–H groups in total. The van der Waals surface area contributed by atoms with Gasteiger partial charge in [-0.1, -0.05) is 40.2 Å². The summed E-state index contributed by atoms with van der Waals surface area (Å²) in [6.07, 6.45) is 4.21. The fraction of sp³-hybridized carbons (Fsp3) is 0. The lowest BCUT2D eigenvalue weighted by Crippen LogP contribution is -1.77. The SMILES string of the molecule is Brc1ccccc1-c1cc2ccccn2c1. The first-order valence-corrected chi connectivity index (χ1v) is 5.95. The molecule has 0 aliphatic heterocycles. The first-order valence-electron chi connectivity index (χ1n) is 5.16. The first-order chi connectivity index (χ1) is 7.84. The summed E-state index contributed by atoms with van der Waals surface area (Å²) in [6, 6.07) is 16.7. The van der Waals surface area contributed by atoms with Gasteiger partial charge in [-0.25, -0.2) is 0 Å². The van der Waals surface area contributed by atoms with Gasteiger partial charge in [-0.2, -0.15) is 0 Å². The number of fused-ring (bicyclic) bond motifs is 1. The molecular formula is C14H10BrN. The average Bonchev–Trinajstić information content (AvgIpc) is 2.73. The predicted molar refractivity (Wildman–Crippen MR) is 70.5 cm³/mol. The molecule has 0 unspecified atom stereocenters. The van der Waals surface area contributed by atoms with Crippen LogP contribution in [0, 0.1) is 0 Å². The van der Waals surface area contributed by atoms with Crippen LogP contribution in [0.2, 0.25) is 0 Å². The van der Waals surface area contributed by atoms with Crippen molar-refractivity contribution >= 4 is 21.4 Å². The molecule has 0 bridgehead atoms. The van der Waals surface area contributed by atoms with Crippen LogP contribution >= 0.6 is 15.9 Å². The Morgan fingerprint density at radius 1 is 0.938 bits per heavy atom. The van der Waals surface area contributed by atoms with Crippen molar-refractivity contribution in [2.24, 2.45) is 0 Å². The molecule has 16 heavy (non-hydrogen) atoms. The van der Waals surface area contributed by atoms with Gasteiger partial charge in [-0.15, -0.1) is 0 Å². The highest BCUT2D eigenvalue weighted by Gasteiger charge is 2.04. The van der Waals surface area contributed by atoms with Crippen LogP contribution in [0.1, 0.15) is 0 Å². The largest absolute Gasteiger partial charge is 0.323 e. The highest BCUT2D eigenvalue weighted by molar-refractivity contribution is 9.10. The average molecular weight is 272 g/mol. The molecule has 0 amide bonds. The van der Waals surface area contributed by atoms with Crippen LogP contribution in [0.4, 0.5) is 0 Å². The van der Waals surface area contributed by atoms with E-state index in [1.54, 1.807) is 0 Å². The standard InChI is InChI=1S/C14H10BrN/c15-14-7-2-1-6-13(14)11-9-12-5-3-4-8-16(12)10-11/h1-10H. The molecule has 0 aliphatic carbocycles. The van der Waals surface area contributed by atoms with Crippen LogP contribution in [0.3, 0.4) is 0 Å². The van der Waals surface area contributed by atoms with Gasteiger partial charge in [0.2, 0.25) is 0 Å². The minimum atomic E-state index is 1.13. The second kappa shape index (κ2) is 3.80. The van der Waals surface area contributed by atoms with Gasteiger partial charge < -0.3 is 4.40 Å². The Bertz CT molecular complexity index is 607. The van der Waals surface area contributed by atoms with E-state index < -0.39 is 0 Å². The second-order valence-electron chi connectivity index (χ2n) is 3.74. The van der Waals surface area contributed by atoms with Crippen LogP contribution in [0.5, 0.6) is 0 Å². The van der Waals surface area contributed by atoms with Crippen LogP contribution < -0.4 is 0 Å². The number of nitrogens with zero attached hydrogens (tertiary/aromatic N) is 1. The van der Waals surface area contributed by atoms with Crippen LogP contribution in [-0.4, -0.2) is 4.40 Å². The van der Waals surface area contributed by atoms with Crippen molar-refractivity contribution in [2.75, 3.05) is 0 Å². The maximum Gasteiger partial charge on any atom is 0.0456 e. The van der Waals surface area contributed by atoms with Gasteiger partial charge in [-0.3, -0.25) is 0 Å². The zero-order valence-corrected chi connectivity index (χ0v) is 10.2. The highest BCUT2D eigenvalue weighted by Crippen LogP contribution is 2.29. The molecule has 3 rings (SSSR count). The van der Waals surface area contributed by atoms with E-state index in [0.29, 0.717) is 0 Å². The Kier molecular flexibility index (Phi) is 2.29. The summed E-state index contributed by atoms with van der Waals surface area (Å²) in [5.74, 6) is 0. The van der Waals surface area contributed by atoms with Gasteiger partial charge in [0, 0.05) is 27.9 Å². The maximum absolute atomic E-state index is 3.58. The molecule has 1 aromatic carbocycles. The minimum Gasteiger partial charge on any atom is -0.323 e. The zero-order chi connectivity index (χ0) is 11.0. The maximum atomic E-state index is 3.58. The van der Waals surface area contributed by atoms with E-state index in [0.717, 1.165) is 4.47 Å². The monoisotopic (exact) mass is 271 g/mol. The summed E-state index contributed by atoms with van der Waals surface area (Å²) >= 11 is 3.58. The normalized spacial score (nSPS) is 10.8. The van der Waals surface area contributed by atoms with Crippen LogP contribution in [0.25, 0.3) is 16.6 Å². The van der Waals surface area contributed by atoms with Crippen molar-refractivity contribution in [2.45, 2.75) is 0 Å². The third kappa shape index (κ3) is 1.55. The van der Waals surface area contributed by atoms with E-state index in [-0.39, 0.29) is 0 Å². The lowest BCUT2D eigenvalue weighted by atomic mass is 10.1. The van der Waals surface area contributed by atoms with Gasteiger partial charge in [0.1, 0.15) is 0 Å². The van der Waals surface area contributed by atoms with Crippen molar-refractivity contribution in [3.05, 3.63) is 65.4 Å². The van der Waals surface area contributed by atoms with E-state index in [9.17, 15) is 0 Å².